The first-order valence-corrected chi connectivity index (χ1v) is 7.29. The number of carbonyl (C=O) groups is 1. The quantitative estimate of drug-likeness (QED) is 0.873. The van der Waals surface area contributed by atoms with Crippen molar-refractivity contribution >= 4 is 17.2 Å². The van der Waals surface area contributed by atoms with Crippen molar-refractivity contribution in [2.24, 2.45) is 0 Å². The summed E-state index contributed by atoms with van der Waals surface area (Å²) in [5, 5.41) is 4.84. The van der Waals surface area contributed by atoms with Gasteiger partial charge < -0.3 is 10.3 Å². The van der Waals surface area contributed by atoms with Crippen molar-refractivity contribution in [3.63, 3.8) is 0 Å². The zero-order valence-electron chi connectivity index (χ0n) is 11.5. The van der Waals surface area contributed by atoms with Gasteiger partial charge in [-0.3, -0.25) is 9.59 Å². The van der Waals surface area contributed by atoms with Gasteiger partial charge in [0.15, 0.2) is 0 Å². The van der Waals surface area contributed by atoms with Crippen LogP contribution in [0.3, 0.4) is 0 Å². The SMILES string of the molecule is Cc1nc(C)c(CC(=O)NCCc2cccs2)c(=O)[nH]1. The third kappa shape index (κ3) is 3.77. The van der Waals surface area contributed by atoms with E-state index in [-0.39, 0.29) is 17.9 Å². The second kappa shape index (κ2) is 6.47. The van der Waals surface area contributed by atoms with Gasteiger partial charge in [-0.2, -0.15) is 0 Å². The molecular formula is C14H17N3O2S. The van der Waals surface area contributed by atoms with E-state index >= 15 is 0 Å². The Morgan fingerprint density at radius 3 is 2.90 bits per heavy atom. The fourth-order valence-electron chi connectivity index (χ4n) is 1.96. The van der Waals surface area contributed by atoms with Crippen molar-refractivity contribution in [2.75, 3.05) is 6.54 Å². The number of H-pyrrole nitrogens is 1. The third-order valence-electron chi connectivity index (χ3n) is 2.95. The number of thiophene rings is 1. The second-order valence-electron chi connectivity index (χ2n) is 4.57. The molecule has 0 bridgehead atoms. The number of amides is 1. The van der Waals surface area contributed by atoms with Gasteiger partial charge in [0.1, 0.15) is 5.82 Å². The molecule has 0 aromatic carbocycles. The smallest absolute Gasteiger partial charge is 0.254 e. The van der Waals surface area contributed by atoms with E-state index in [2.05, 4.69) is 15.3 Å². The highest BCUT2D eigenvalue weighted by Crippen LogP contribution is 2.08. The van der Waals surface area contributed by atoms with Gasteiger partial charge in [-0.05, 0) is 31.7 Å². The minimum atomic E-state index is -0.233. The molecule has 2 rings (SSSR count). The minimum Gasteiger partial charge on any atom is -0.355 e. The summed E-state index contributed by atoms with van der Waals surface area (Å²) >= 11 is 1.67. The number of aromatic amines is 1. The van der Waals surface area contributed by atoms with Crippen LogP contribution in [0.25, 0.3) is 0 Å². The molecule has 106 valence electrons. The molecule has 2 aromatic heterocycles. The van der Waals surface area contributed by atoms with E-state index in [1.807, 2.05) is 17.5 Å². The standard InChI is InChI=1S/C14H17N3O2S/c1-9-12(14(19)17-10(2)16-9)8-13(18)15-6-5-11-4-3-7-20-11/h3-4,7H,5-6,8H2,1-2H3,(H,15,18)(H,16,17,19). The monoisotopic (exact) mass is 291 g/mol. The van der Waals surface area contributed by atoms with Gasteiger partial charge >= 0.3 is 0 Å². The number of nitrogens with one attached hydrogen (secondary N) is 2. The van der Waals surface area contributed by atoms with Crippen LogP contribution in [0.5, 0.6) is 0 Å². The fraction of sp³-hybridized carbons (Fsp3) is 0.357. The van der Waals surface area contributed by atoms with Crippen LogP contribution in [-0.2, 0) is 17.6 Å². The first kappa shape index (κ1) is 14.5. The molecule has 2 N–H and O–H groups in total. The average molecular weight is 291 g/mol. The van der Waals surface area contributed by atoms with Crippen molar-refractivity contribution in [2.45, 2.75) is 26.7 Å². The summed E-state index contributed by atoms with van der Waals surface area (Å²) in [6, 6.07) is 4.03. The zero-order valence-corrected chi connectivity index (χ0v) is 12.3. The first-order chi connectivity index (χ1) is 9.56. The van der Waals surface area contributed by atoms with E-state index < -0.39 is 0 Å². The Hall–Kier alpha value is -1.95. The lowest BCUT2D eigenvalue weighted by Crippen LogP contribution is -2.30. The van der Waals surface area contributed by atoms with E-state index in [4.69, 9.17) is 0 Å². The molecule has 20 heavy (non-hydrogen) atoms. The molecule has 0 saturated heterocycles. The fourth-order valence-corrected chi connectivity index (χ4v) is 2.67. The number of nitrogens with zero attached hydrogens (tertiary/aromatic N) is 1. The summed E-state index contributed by atoms with van der Waals surface area (Å²) in [6.45, 7) is 4.05. The maximum Gasteiger partial charge on any atom is 0.254 e. The summed E-state index contributed by atoms with van der Waals surface area (Å²) < 4.78 is 0. The molecule has 0 unspecified atom stereocenters. The molecule has 2 heterocycles. The Labute approximate surface area is 121 Å². The van der Waals surface area contributed by atoms with Crippen LogP contribution in [0.2, 0.25) is 0 Å². The normalized spacial score (nSPS) is 10.5. The van der Waals surface area contributed by atoms with Crippen LogP contribution in [-0.4, -0.2) is 22.4 Å². The van der Waals surface area contributed by atoms with Crippen molar-refractivity contribution in [3.05, 3.63) is 49.8 Å². The summed E-state index contributed by atoms with van der Waals surface area (Å²) in [4.78, 5) is 31.7. The molecule has 0 aliphatic heterocycles. The Morgan fingerprint density at radius 1 is 1.45 bits per heavy atom. The van der Waals surface area contributed by atoms with Gasteiger partial charge in [0.25, 0.3) is 5.56 Å². The largest absolute Gasteiger partial charge is 0.355 e. The molecule has 0 aliphatic carbocycles. The molecule has 0 fully saturated rings. The molecule has 5 nitrogen and oxygen atoms in total. The Balaban J connectivity index is 1.90. The van der Waals surface area contributed by atoms with E-state index in [0.29, 0.717) is 23.6 Å². The molecule has 0 atom stereocenters. The summed E-state index contributed by atoms with van der Waals surface area (Å²) in [5.74, 6) is 0.412. The predicted molar refractivity (Wildman–Crippen MR) is 79.1 cm³/mol. The Morgan fingerprint density at radius 2 is 2.25 bits per heavy atom. The van der Waals surface area contributed by atoms with Gasteiger partial charge in [-0.25, -0.2) is 4.98 Å². The van der Waals surface area contributed by atoms with Crippen molar-refractivity contribution in [3.8, 4) is 0 Å². The van der Waals surface area contributed by atoms with Crippen LogP contribution >= 0.6 is 11.3 Å². The highest BCUT2D eigenvalue weighted by Gasteiger charge is 2.11. The van der Waals surface area contributed by atoms with E-state index in [9.17, 15) is 9.59 Å². The Bertz CT molecular complexity index is 647. The zero-order chi connectivity index (χ0) is 14.5. The van der Waals surface area contributed by atoms with Gasteiger partial charge in [0.05, 0.1) is 6.42 Å². The number of rotatable bonds is 5. The highest BCUT2D eigenvalue weighted by molar-refractivity contribution is 7.09. The minimum absolute atomic E-state index is 0.0683. The van der Waals surface area contributed by atoms with Crippen molar-refractivity contribution in [1.82, 2.24) is 15.3 Å². The van der Waals surface area contributed by atoms with Gasteiger partial charge in [-0.1, -0.05) is 6.07 Å². The maximum absolute atomic E-state index is 11.8. The highest BCUT2D eigenvalue weighted by atomic mass is 32.1. The molecule has 0 spiro atoms. The molecule has 0 radical (unpaired) electrons. The van der Waals surface area contributed by atoms with Gasteiger partial charge in [-0.15, -0.1) is 11.3 Å². The molecule has 2 aromatic rings. The van der Waals surface area contributed by atoms with Gasteiger partial charge in [0, 0.05) is 22.7 Å². The van der Waals surface area contributed by atoms with Crippen LogP contribution in [0.1, 0.15) is 22.0 Å². The van der Waals surface area contributed by atoms with Crippen LogP contribution in [0.15, 0.2) is 22.3 Å². The summed E-state index contributed by atoms with van der Waals surface area (Å²) in [6.07, 6.45) is 0.879. The van der Waals surface area contributed by atoms with Crippen molar-refractivity contribution < 1.29 is 4.79 Å². The molecule has 0 aliphatic rings. The summed E-state index contributed by atoms with van der Waals surface area (Å²) in [5.41, 5.74) is 0.812. The average Bonchev–Trinajstić information content (AvgIpc) is 2.87. The lowest BCUT2D eigenvalue weighted by Gasteiger charge is -2.06. The maximum atomic E-state index is 11.8. The van der Waals surface area contributed by atoms with E-state index in [1.54, 1.807) is 25.2 Å². The molecule has 6 heteroatoms. The third-order valence-corrected chi connectivity index (χ3v) is 3.89. The Kier molecular flexibility index (Phi) is 4.68. The number of aromatic nitrogens is 2. The molecular weight excluding hydrogens is 274 g/mol. The number of aryl methyl sites for hydroxylation is 2. The van der Waals surface area contributed by atoms with Gasteiger partial charge in [0.2, 0.25) is 5.91 Å². The first-order valence-electron chi connectivity index (χ1n) is 6.41. The molecule has 1 amide bonds. The lowest BCUT2D eigenvalue weighted by molar-refractivity contribution is -0.120. The summed E-state index contributed by atoms with van der Waals surface area (Å²) in [7, 11) is 0. The predicted octanol–water partition coefficient (Wildman–Crippen LogP) is 1.35. The second-order valence-corrected chi connectivity index (χ2v) is 5.60. The van der Waals surface area contributed by atoms with Crippen molar-refractivity contribution in [1.29, 1.82) is 0 Å². The van der Waals surface area contributed by atoms with Crippen LogP contribution < -0.4 is 10.9 Å². The number of carbonyl (C=O) groups excluding carboxylic acids is 1. The number of hydrogen-bond donors (Lipinski definition) is 2. The lowest BCUT2D eigenvalue weighted by atomic mass is 10.1. The topological polar surface area (TPSA) is 74.8 Å². The molecule has 0 saturated carbocycles. The van der Waals surface area contributed by atoms with Crippen LogP contribution in [0.4, 0.5) is 0 Å². The van der Waals surface area contributed by atoms with E-state index in [0.717, 1.165) is 6.42 Å². The number of hydrogen-bond acceptors (Lipinski definition) is 4. The van der Waals surface area contributed by atoms with E-state index in [1.165, 1.54) is 4.88 Å². The van der Waals surface area contributed by atoms with Crippen LogP contribution in [0, 0.1) is 13.8 Å².